The highest BCUT2D eigenvalue weighted by atomic mass is 16.3. The molecule has 0 amide bonds. The maximum Gasteiger partial charge on any atom is 0.0629 e. The van der Waals surface area contributed by atoms with E-state index in [9.17, 15) is 5.11 Å². The highest BCUT2D eigenvalue weighted by Crippen LogP contribution is 2.20. The number of pyridine rings is 1. The van der Waals surface area contributed by atoms with Gasteiger partial charge in [-0.2, -0.15) is 0 Å². The second-order valence-corrected chi connectivity index (χ2v) is 4.33. The van der Waals surface area contributed by atoms with E-state index >= 15 is 0 Å². The molecule has 0 radical (unpaired) electrons. The lowest BCUT2D eigenvalue weighted by atomic mass is 10.1. The molecule has 2 rings (SSSR count). The largest absolute Gasteiger partial charge is 0.394 e. The molecule has 16 heavy (non-hydrogen) atoms. The minimum Gasteiger partial charge on any atom is -0.394 e. The van der Waals surface area contributed by atoms with Gasteiger partial charge in [-0.15, -0.1) is 0 Å². The van der Waals surface area contributed by atoms with Gasteiger partial charge in [0.2, 0.25) is 0 Å². The molecule has 1 saturated heterocycles. The number of hydrogen-bond donors (Lipinski definition) is 2. The summed E-state index contributed by atoms with van der Waals surface area (Å²) in [6.45, 7) is 5.25. The van der Waals surface area contributed by atoms with Crippen molar-refractivity contribution in [2.24, 2.45) is 0 Å². The molecule has 1 aromatic rings. The summed E-state index contributed by atoms with van der Waals surface area (Å²) in [6.07, 6.45) is 3.60. The van der Waals surface area contributed by atoms with E-state index in [1.807, 2.05) is 18.3 Å². The average molecular weight is 221 g/mol. The van der Waals surface area contributed by atoms with Crippen molar-refractivity contribution in [3.8, 4) is 0 Å². The van der Waals surface area contributed by atoms with Crippen molar-refractivity contribution in [3.05, 3.63) is 30.1 Å². The van der Waals surface area contributed by atoms with Gasteiger partial charge in [-0.1, -0.05) is 6.07 Å². The Balaban J connectivity index is 2.10. The van der Waals surface area contributed by atoms with Gasteiger partial charge in [0.1, 0.15) is 0 Å². The quantitative estimate of drug-likeness (QED) is 0.776. The average Bonchev–Trinajstić information content (AvgIpc) is 2.31. The van der Waals surface area contributed by atoms with Gasteiger partial charge in [0.15, 0.2) is 0 Å². The first-order valence-electron chi connectivity index (χ1n) is 5.79. The zero-order valence-corrected chi connectivity index (χ0v) is 9.63. The van der Waals surface area contributed by atoms with Crippen molar-refractivity contribution in [1.82, 2.24) is 15.2 Å². The fraction of sp³-hybridized carbons (Fsp3) is 0.583. The third kappa shape index (κ3) is 2.58. The van der Waals surface area contributed by atoms with Crippen molar-refractivity contribution in [2.45, 2.75) is 19.0 Å². The van der Waals surface area contributed by atoms with E-state index in [4.69, 9.17) is 0 Å². The number of nitrogens with zero attached hydrogens (tertiary/aromatic N) is 2. The van der Waals surface area contributed by atoms with E-state index in [2.05, 4.69) is 22.1 Å². The third-order valence-electron chi connectivity index (χ3n) is 3.08. The molecule has 2 atom stereocenters. The number of aliphatic hydroxyl groups excluding tert-OH is 1. The predicted molar refractivity (Wildman–Crippen MR) is 63.1 cm³/mol. The van der Waals surface area contributed by atoms with Crippen LogP contribution in [0.15, 0.2) is 24.5 Å². The molecule has 88 valence electrons. The van der Waals surface area contributed by atoms with Gasteiger partial charge in [-0.25, -0.2) is 0 Å². The van der Waals surface area contributed by atoms with Crippen molar-refractivity contribution < 1.29 is 5.11 Å². The second-order valence-electron chi connectivity index (χ2n) is 4.33. The van der Waals surface area contributed by atoms with Crippen LogP contribution < -0.4 is 5.32 Å². The van der Waals surface area contributed by atoms with Crippen LogP contribution in [0.25, 0.3) is 0 Å². The zero-order valence-electron chi connectivity index (χ0n) is 9.63. The molecule has 1 fully saturated rings. The van der Waals surface area contributed by atoms with Gasteiger partial charge in [0.05, 0.1) is 12.6 Å². The van der Waals surface area contributed by atoms with Crippen LogP contribution in [0.5, 0.6) is 0 Å². The van der Waals surface area contributed by atoms with E-state index in [0.717, 1.165) is 25.2 Å². The van der Waals surface area contributed by atoms with Crippen LogP contribution in [0, 0.1) is 0 Å². The highest BCUT2D eigenvalue weighted by molar-refractivity contribution is 5.14. The molecule has 1 aliphatic rings. The maximum absolute atomic E-state index is 9.53. The van der Waals surface area contributed by atoms with Crippen molar-refractivity contribution >= 4 is 0 Å². The first-order chi connectivity index (χ1) is 7.81. The Kier molecular flexibility index (Phi) is 3.88. The van der Waals surface area contributed by atoms with Crippen LogP contribution in [0.4, 0.5) is 0 Å². The third-order valence-corrected chi connectivity index (χ3v) is 3.08. The predicted octanol–water partition coefficient (Wildman–Crippen LogP) is 0.409. The summed E-state index contributed by atoms with van der Waals surface area (Å²) >= 11 is 0. The van der Waals surface area contributed by atoms with Crippen LogP contribution in [0.3, 0.4) is 0 Å². The number of aliphatic hydroxyl groups is 1. The van der Waals surface area contributed by atoms with Gasteiger partial charge in [-0.05, 0) is 18.6 Å². The first-order valence-corrected chi connectivity index (χ1v) is 5.79. The lowest BCUT2D eigenvalue weighted by molar-refractivity contribution is 0.0961. The van der Waals surface area contributed by atoms with Gasteiger partial charge in [-0.3, -0.25) is 9.88 Å². The maximum atomic E-state index is 9.53. The topological polar surface area (TPSA) is 48.4 Å². The molecule has 1 aromatic heterocycles. The van der Waals surface area contributed by atoms with E-state index in [0.29, 0.717) is 6.04 Å². The van der Waals surface area contributed by atoms with E-state index in [1.54, 1.807) is 6.20 Å². The molecule has 4 heteroatoms. The van der Waals surface area contributed by atoms with Crippen LogP contribution in [-0.2, 0) is 0 Å². The lowest BCUT2D eigenvalue weighted by Crippen LogP contribution is -2.50. The Morgan fingerprint density at radius 3 is 3.19 bits per heavy atom. The van der Waals surface area contributed by atoms with Crippen LogP contribution in [0.2, 0.25) is 0 Å². The standard InChI is InChI=1S/C12H19N3O/c1-10-8-15(6-5-14-10)12(9-16)11-3-2-4-13-7-11/h2-4,7,10,12,14,16H,5-6,8-9H2,1H3. The molecule has 0 bridgehead atoms. The Bertz CT molecular complexity index is 317. The molecular weight excluding hydrogens is 202 g/mol. The number of nitrogens with one attached hydrogen (secondary N) is 1. The lowest BCUT2D eigenvalue weighted by Gasteiger charge is -2.37. The summed E-state index contributed by atoms with van der Waals surface area (Å²) < 4.78 is 0. The summed E-state index contributed by atoms with van der Waals surface area (Å²) in [4.78, 5) is 6.43. The molecule has 2 N–H and O–H groups in total. The molecule has 1 aliphatic heterocycles. The summed E-state index contributed by atoms with van der Waals surface area (Å²) in [5, 5.41) is 12.9. The summed E-state index contributed by atoms with van der Waals surface area (Å²) in [5.41, 5.74) is 1.10. The molecule has 0 saturated carbocycles. The zero-order chi connectivity index (χ0) is 11.4. The first kappa shape index (κ1) is 11.5. The van der Waals surface area contributed by atoms with Gasteiger partial charge in [0, 0.05) is 38.1 Å². The number of rotatable bonds is 3. The Labute approximate surface area is 96.3 Å². The van der Waals surface area contributed by atoms with E-state index in [1.165, 1.54) is 0 Å². The van der Waals surface area contributed by atoms with Crippen molar-refractivity contribution in [1.29, 1.82) is 0 Å². The molecule has 0 aliphatic carbocycles. The Hall–Kier alpha value is -0.970. The second kappa shape index (κ2) is 5.39. The summed E-state index contributed by atoms with van der Waals surface area (Å²) in [5.74, 6) is 0. The smallest absolute Gasteiger partial charge is 0.0629 e. The minimum absolute atomic E-state index is 0.0817. The molecular formula is C12H19N3O. The van der Waals surface area contributed by atoms with E-state index < -0.39 is 0 Å². The molecule has 4 nitrogen and oxygen atoms in total. The van der Waals surface area contributed by atoms with Gasteiger partial charge in [0.25, 0.3) is 0 Å². The monoisotopic (exact) mass is 221 g/mol. The van der Waals surface area contributed by atoms with Gasteiger partial charge >= 0.3 is 0 Å². The molecule has 0 spiro atoms. The number of aromatic nitrogens is 1. The Morgan fingerprint density at radius 1 is 1.69 bits per heavy atom. The Morgan fingerprint density at radius 2 is 2.56 bits per heavy atom. The number of hydrogen-bond acceptors (Lipinski definition) is 4. The van der Waals surface area contributed by atoms with Crippen LogP contribution in [-0.4, -0.2) is 47.3 Å². The van der Waals surface area contributed by atoms with Crippen molar-refractivity contribution in [2.75, 3.05) is 26.2 Å². The minimum atomic E-state index is 0.0817. The van der Waals surface area contributed by atoms with Gasteiger partial charge < -0.3 is 10.4 Å². The summed E-state index contributed by atoms with van der Waals surface area (Å²) in [6, 6.07) is 4.52. The number of piperazine rings is 1. The SMILES string of the molecule is CC1CN(C(CO)c2cccnc2)CCN1. The fourth-order valence-electron chi connectivity index (χ4n) is 2.25. The van der Waals surface area contributed by atoms with Crippen molar-refractivity contribution in [3.63, 3.8) is 0 Å². The van der Waals surface area contributed by atoms with E-state index in [-0.39, 0.29) is 12.6 Å². The highest BCUT2D eigenvalue weighted by Gasteiger charge is 2.24. The fourth-order valence-corrected chi connectivity index (χ4v) is 2.25. The molecule has 2 heterocycles. The summed E-state index contributed by atoms with van der Waals surface area (Å²) in [7, 11) is 0. The molecule has 0 aromatic carbocycles. The normalized spacial score (nSPS) is 24.2. The van der Waals surface area contributed by atoms with Crippen LogP contribution in [0.1, 0.15) is 18.5 Å². The molecule has 2 unspecified atom stereocenters. The van der Waals surface area contributed by atoms with Crippen LogP contribution >= 0.6 is 0 Å².